The second-order valence-corrected chi connectivity index (χ2v) is 4.08. The highest BCUT2D eigenvalue weighted by Crippen LogP contribution is 2.29. The molecule has 0 amide bonds. The van der Waals surface area contributed by atoms with Gasteiger partial charge in [-0.3, -0.25) is 9.97 Å². The molecule has 0 radical (unpaired) electrons. The lowest BCUT2D eigenvalue weighted by Gasteiger charge is -2.07. The molecule has 4 heteroatoms. The Morgan fingerprint density at radius 1 is 1.11 bits per heavy atom. The Hall–Kier alpha value is -2.49. The zero-order valence-corrected chi connectivity index (χ0v) is 10.3. The molecule has 0 bridgehead atoms. The summed E-state index contributed by atoms with van der Waals surface area (Å²) in [5, 5.41) is 0.479. The minimum Gasteiger partial charge on any atom is -0.494 e. The monoisotopic (exact) mass is 254 g/mol. The van der Waals surface area contributed by atoms with Gasteiger partial charge in [-0.1, -0.05) is 6.07 Å². The fourth-order valence-electron chi connectivity index (χ4n) is 2.01. The molecule has 19 heavy (non-hydrogen) atoms. The van der Waals surface area contributed by atoms with Gasteiger partial charge in [-0.05, 0) is 30.3 Å². The van der Waals surface area contributed by atoms with Gasteiger partial charge in [0.1, 0.15) is 17.3 Å². The van der Waals surface area contributed by atoms with Crippen LogP contribution < -0.4 is 4.74 Å². The normalized spacial score (nSPS) is 10.6. The molecule has 3 nitrogen and oxygen atoms in total. The van der Waals surface area contributed by atoms with E-state index in [1.165, 1.54) is 6.07 Å². The number of hydrogen-bond acceptors (Lipinski definition) is 3. The second kappa shape index (κ2) is 4.65. The fraction of sp³-hybridized carbons (Fsp3) is 0.0667. The molecule has 0 unspecified atom stereocenters. The largest absolute Gasteiger partial charge is 0.494 e. The summed E-state index contributed by atoms with van der Waals surface area (Å²) in [4.78, 5) is 8.53. The number of ether oxygens (including phenoxy) is 1. The van der Waals surface area contributed by atoms with Crippen LogP contribution in [0.4, 0.5) is 4.39 Å². The maximum Gasteiger partial charge on any atom is 0.145 e. The summed E-state index contributed by atoms with van der Waals surface area (Å²) in [5.41, 5.74) is 2.01. The van der Waals surface area contributed by atoms with Crippen molar-refractivity contribution < 1.29 is 9.13 Å². The van der Waals surface area contributed by atoms with Crippen molar-refractivity contribution in [1.29, 1.82) is 0 Å². The fourth-order valence-corrected chi connectivity index (χ4v) is 2.01. The third kappa shape index (κ3) is 2.01. The van der Waals surface area contributed by atoms with Crippen LogP contribution in [-0.4, -0.2) is 17.1 Å². The molecular formula is C15H11FN2O. The molecule has 2 aromatic heterocycles. The van der Waals surface area contributed by atoms with Crippen LogP contribution in [0, 0.1) is 5.82 Å². The van der Waals surface area contributed by atoms with Gasteiger partial charge in [-0.25, -0.2) is 4.39 Å². The van der Waals surface area contributed by atoms with Crippen molar-refractivity contribution in [2.45, 2.75) is 0 Å². The van der Waals surface area contributed by atoms with E-state index < -0.39 is 0 Å². The van der Waals surface area contributed by atoms with E-state index in [4.69, 9.17) is 4.74 Å². The van der Waals surface area contributed by atoms with Crippen molar-refractivity contribution in [3.8, 4) is 17.0 Å². The Morgan fingerprint density at radius 3 is 2.84 bits per heavy atom. The standard InChI is InChI=1S/C15H11FN2O/c1-19-14-6-3-7-17-15(14)10-8-11-12(16)4-2-5-13(11)18-9-10/h2-9H,1H3. The van der Waals surface area contributed by atoms with Gasteiger partial charge < -0.3 is 4.74 Å². The number of halogens is 1. The number of hydrogen-bond donors (Lipinski definition) is 0. The smallest absolute Gasteiger partial charge is 0.145 e. The molecule has 0 saturated heterocycles. The molecule has 0 aliphatic rings. The number of fused-ring (bicyclic) bond motifs is 1. The van der Waals surface area contributed by atoms with Crippen LogP contribution in [0.1, 0.15) is 0 Å². The Labute approximate surface area is 109 Å². The lowest BCUT2D eigenvalue weighted by Crippen LogP contribution is -1.92. The number of rotatable bonds is 2. The molecule has 0 atom stereocenters. The summed E-state index contributed by atoms with van der Waals surface area (Å²) in [6.45, 7) is 0. The van der Waals surface area contributed by atoms with E-state index in [2.05, 4.69) is 9.97 Å². The predicted molar refractivity (Wildman–Crippen MR) is 71.5 cm³/mol. The highest BCUT2D eigenvalue weighted by Gasteiger charge is 2.09. The van der Waals surface area contributed by atoms with Gasteiger partial charge in [0.25, 0.3) is 0 Å². The van der Waals surface area contributed by atoms with E-state index in [0.29, 0.717) is 22.3 Å². The van der Waals surface area contributed by atoms with E-state index in [1.807, 2.05) is 6.07 Å². The van der Waals surface area contributed by atoms with Gasteiger partial charge in [0.15, 0.2) is 0 Å². The van der Waals surface area contributed by atoms with Crippen molar-refractivity contribution in [2.75, 3.05) is 7.11 Å². The molecule has 0 fully saturated rings. The van der Waals surface area contributed by atoms with Gasteiger partial charge in [0.2, 0.25) is 0 Å². The Kier molecular flexibility index (Phi) is 2.83. The third-order valence-corrected chi connectivity index (χ3v) is 2.94. The zero-order chi connectivity index (χ0) is 13.2. The first-order valence-corrected chi connectivity index (χ1v) is 5.83. The first-order valence-electron chi connectivity index (χ1n) is 5.83. The maximum atomic E-state index is 13.8. The molecule has 2 heterocycles. The first-order chi connectivity index (χ1) is 9.29. The summed E-state index contributed by atoms with van der Waals surface area (Å²) in [5.74, 6) is 0.349. The van der Waals surface area contributed by atoms with E-state index in [9.17, 15) is 4.39 Å². The molecule has 3 rings (SSSR count). The van der Waals surface area contributed by atoms with Crippen molar-refractivity contribution in [3.63, 3.8) is 0 Å². The van der Waals surface area contributed by atoms with E-state index in [-0.39, 0.29) is 5.82 Å². The Bertz CT molecular complexity index is 743. The molecule has 0 spiro atoms. The van der Waals surface area contributed by atoms with E-state index in [0.717, 1.165) is 5.56 Å². The molecule has 1 aromatic carbocycles. The highest BCUT2D eigenvalue weighted by atomic mass is 19.1. The van der Waals surface area contributed by atoms with Crippen molar-refractivity contribution in [3.05, 3.63) is 54.6 Å². The Balaban J connectivity index is 2.23. The highest BCUT2D eigenvalue weighted by molar-refractivity contribution is 5.84. The van der Waals surface area contributed by atoms with E-state index in [1.54, 1.807) is 43.8 Å². The molecular weight excluding hydrogens is 243 g/mol. The van der Waals surface area contributed by atoms with Crippen LogP contribution in [-0.2, 0) is 0 Å². The number of nitrogens with zero attached hydrogens (tertiary/aromatic N) is 2. The predicted octanol–water partition coefficient (Wildman–Crippen LogP) is 3.44. The lowest BCUT2D eigenvalue weighted by atomic mass is 10.1. The Morgan fingerprint density at radius 2 is 2.00 bits per heavy atom. The van der Waals surface area contributed by atoms with Crippen LogP contribution in [0.15, 0.2) is 48.8 Å². The molecule has 0 saturated carbocycles. The number of pyridine rings is 2. The molecule has 0 aliphatic heterocycles. The van der Waals surface area contributed by atoms with Crippen LogP contribution in [0.2, 0.25) is 0 Å². The minimum absolute atomic E-state index is 0.290. The van der Waals surface area contributed by atoms with Crippen LogP contribution in [0.5, 0.6) is 5.75 Å². The van der Waals surface area contributed by atoms with Gasteiger partial charge in [-0.2, -0.15) is 0 Å². The number of aromatic nitrogens is 2. The second-order valence-electron chi connectivity index (χ2n) is 4.08. The van der Waals surface area contributed by atoms with Gasteiger partial charge in [-0.15, -0.1) is 0 Å². The van der Waals surface area contributed by atoms with Crippen molar-refractivity contribution in [1.82, 2.24) is 9.97 Å². The lowest BCUT2D eigenvalue weighted by molar-refractivity contribution is 0.415. The average Bonchev–Trinajstić information content (AvgIpc) is 2.47. The van der Waals surface area contributed by atoms with Crippen molar-refractivity contribution >= 4 is 10.9 Å². The molecule has 94 valence electrons. The van der Waals surface area contributed by atoms with E-state index >= 15 is 0 Å². The quantitative estimate of drug-likeness (QED) is 0.702. The zero-order valence-electron chi connectivity index (χ0n) is 10.3. The summed E-state index contributed by atoms with van der Waals surface area (Å²) in [6, 6.07) is 10.2. The van der Waals surface area contributed by atoms with Crippen LogP contribution >= 0.6 is 0 Å². The van der Waals surface area contributed by atoms with Crippen LogP contribution in [0.3, 0.4) is 0 Å². The third-order valence-electron chi connectivity index (χ3n) is 2.94. The molecule has 0 aliphatic carbocycles. The minimum atomic E-state index is -0.290. The summed E-state index contributed by atoms with van der Waals surface area (Å²) in [7, 11) is 1.58. The SMILES string of the molecule is COc1cccnc1-c1cnc2cccc(F)c2c1. The number of methoxy groups -OCH3 is 1. The van der Waals surface area contributed by atoms with Gasteiger partial charge >= 0.3 is 0 Å². The first kappa shape index (κ1) is 11.6. The van der Waals surface area contributed by atoms with Crippen LogP contribution in [0.25, 0.3) is 22.2 Å². The topological polar surface area (TPSA) is 35.0 Å². The maximum absolute atomic E-state index is 13.8. The van der Waals surface area contributed by atoms with Gasteiger partial charge in [0.05, 0.1) is 12.6 Å². The summed E-state index contributed by atoms with van der Waals surface area (Å²) >= 11 is 0. The molecule has 3 aromatic rings. The van der Waals surface area contributed by atoms with Crippen molar-refractivity contribution in [2.24, 2.45) is 0 Å². The van der Waals surface area contributed by atoms with Gasteiger partial charge in [0, 0.05) is 23.3 Å². The summed E-state index contributed by atoms with van der Waals surface area (Å²) < 4.78 is 19.0. The average molecular weight is 254 g/mol. The number of benzene rings is 1. The summed E-state index contributed by atoms with van der Waals surface area (Å²) in [6.07, 6.45) is 3.34. The molecule has 0 N–H and O–H groups in total.